The third-order valence-corrected chi connectivity index (χ3v) is 0.406. The van der Waals surface area contributed by atoms with Crippen LogP contribution in [0, 0.1) is 0 Å². The summed E-state index contributed by atoms with van der Waals surface area (Å²) in [5.74, 6) is 0. The second-order valence-electron chi connectivity index (χ2n) is 0.885. The molecule has 0 aromatic rings. The van der Waals surface area contributed by atoms with Gasteiger partial charge in [0.1, 0.15) is 0 Å². The highest BCUT2D eigenvalue weighted by Crippen LogP contribution is 2.13. The van der Waals surface area contributed by atoms with Gasteiger partial charge in [-0.1, -0.05) is 0 Å². The molecule has 0 saturated heterocycles. The monoisotopic (exact) mass is 117 g/mol. The van der Waals surface area contributed by atoms with Crippen LogP contribution in [0.5, 0.6) is 0 Å². The summed E-state index contributed by atoms with van der Waals surface area (Å²) in [6.45, 7) is 0.556. The molecule has 0 amide bonds. The van der Waals surface area contributed by atoms with E-state index in [9.17, 15) is 8.78 Å². The van der Waals surface area contributed by atoms with Crippen molar-refractivity contribution in [2.75, 3.05) is 0 Å². The molecule has 38 valence electrons. The van der Waals surface area contributed by atoms with Crippen LogP contribution in [0.4, 0.5) is 8.78 Å². The van der Waals surface area contributed by atoms with Gasteiger partial charge in [0.2, 0.25) is 0 Å². The summed E-state index contributed by atoms with van der Waals surface area (Å²) in [6.07, 6.45) is -3.19. The summed E-state index contributed by atoms with van der Waals surface area (Å²) in [6, 6.07) is 0. The third-order valence-electron chi connectivity index (χ3n) is 0.135. The Bertz CT molecular complexity index is 45.4. The van der Waals surface area contributed by atoms with E-state index in [-0.39, 0.29) is 1.43 Å². The zero-order chi connectivity index (χ0) is 5.21. The van der Waals surface area contributed by atoms with Crippen LogP contribution in [0.2, 0.25) is 0 Å². The van der Waals surface area contributed by atoms with Crippen molar-refractivity contribution in [1.29, 1.82) is 0 Å². The fraction of sp³-hybridized carbons (Fsp3) is 1.00. The molecule has 0 spiro atoms. The van der Waals surface area contributed by atoms with Gasteiger partial charge >= 0.3 is 7.54 Å². The smallest absolute Gasteiger partial charge is 0.209 e. The van der Waals surface area contributed by atoms with Gasteiger partial charge < -0.3 is 0 Å². The molecule has 0 aliphatic heterocycles. The van der Waals surface area contributed by atoms with E-state index in [1.165, 1.54) is 0 Å². The van der Waals surface area contributed by atoms with Gasteiger partial charge in [-0.3, -0.25) is 0 Å². The molecule has 0 radical (unpaired) electrons. The van der Waals surface area contributed by atoms with E-state index >= 15 is 0 Å². The molecule has 1 nitrogen and oxygen atoms in total. The Morgan fingerprint density at radius 2 is 2.00 bits per heavy atom. The minimum Gasteiger partial charge on any atom is -0.209 e. The van der Waals surface area contributed by atoms with Crippen molar-refractivity contribution in [3.63, 3.8) is 0 Å². The summed E-state index contributed by atoms with van der Waals surface area (Å²) < 4.78 is 25.3. The van der Waals surface area contributed by atoms with Crippen LogP contribution in [-0.2, 0) is 4.29 Å². The number of hydrogen-bond donors (Lipinski definition) is 0. The van der Waals surface area contributed by atoms with Gasteiger partial charge in [0.05, 0.1) is 11.9 Å². The Balaban J connectivity index is 0. The Labute approximate surface area is 40.5 Å². The van der Waals surface area contributed by atoms with E-state index in [1.807, 2.05) is 0 Å². The van der Waals surface area contributed by atoms with Crippen LogP contribution in [0.15, 0.2) is 0 Å². The number of halogens is 3. The molecule has 6 heavy (non-hydrogen) atoms. The first-order valence-corrected chi connectivity index (χ1v) is 1.54. The molecule has 0 aromatic carbocycles. The number of rotatable bonds is 1. The standard InChI is InChI=1S/C2H3ClF2O/c1-2(4,5)6-3/h1H3/p+1. The van der Waals surface area contributed by atoms with Crippen LogP contribution < -0.4 is 0 Å². The lowest BCUT2D eigenvalue weighted by atomic mass is 10.8. The van der Waals surface area contributed by atoms with Gasteiger partial charge in [0.25, 0.3) is 0 Å². The fourth-order valence-electron chi connectivity index (χ4n) is 0. The van der Waals surface area contributed by atoms with Crippen molar-refractivity contribution in [2.24, 2.45) is 0 Å². The maximum Gasteiger partial charge on any atom is 1.00 e. The van der Waals surface area contributed by atoms with Gasteiger partial charge in [0.15, 0.2) is 0 Å². The normalized spacial score (nSPS) is 12.0. The van der Waals surface area contributed by atoms with Gasteiger partial charge in [0, 0.05) is 6.92 Å². The summed E-state index contributed by atoms with van der Waals surface area (Å²) in [5, 5.41) is 0. The Morgan fingerprint density at radius 1 is 1.83 bits per heavy atom. The van der Waals surface area contributed by atoms with Crippen LogP contribution >= 0.6 is 11.9 Å². The molecule has 0 unspecified atom stereocenters. The summed E-state index contributed by atoms with van der Waals surface area (Å²) in [4.78, 5) is 0. The van der Waals surface area contributed by atoms with Crippen molar-refractivity contribution < 1.29 is 14.5 Å². The Morgan fingerprint density at radius 3 is 2.00 bits per heavy atom. The van der Waals surface area contributed by atoms with E-state index in [1.54, 1.807) is 0 Å². The van der Waals surface area contributed by atoms with Gasteiger partial charge in [-0.2, -0.15) is 8.78 Å². The number of hydrogen-bond acceptors (Lipinski definition) is 1. The minimum atomic E-state index is -3.19. The van der Waals surface area contributed by atoms with Crippen molar-refractivity contribution in [3.05, 3.63) is 0 Å². The predicted octanol–water partition coefficient (Wildman–Crippen LogP) is 1.88. The predicted molar refractivity (Wildman–Crippen MR) is 18.7 cm³/mol. The Kier molecular flexibility index (Phi) is 1.74. The molecule has 0 aromatic heterocycles. The highest BCUT2D eigenvalue weighted by Gasteiger charge is 2.19. The largest absolute Gasteiger partial charge is 1.00 e. The second-order valence-corrected chi connectivity index (χ2v) is 1.04. The molecule has 0 atom stereocenters. The Hall–Kier alpha value is 0.110. The van der Waals surface area contributed by atoms with Crippen LogP contribution in [0.3, 0.4) is 0 Å². The molecule has 0 heterocycles. The third kappa shape index (κ3) is 4.11. The van der Waals surface area contributed by atoms with Gasteiger partial charge in [-0.15, -0.1) is 0 Å². The van der Waals surface area contributed by atoms with Crippen LogP contribution in [-0.4, -0.2) is 6.11 Å². The molecule has 0 N–H and O–H groups in total. The molecule has 0 bridgehead atoms. The van der Waals surface area contributed by atoms with Crippen molar-refractivity contribution in [2.45, 2.75) is 13.0 Å². The maximum atomic E-state index is 11.1. The lowest BCUT2D eigenvalue weighted by Gasteiger charge is -1.99. The average Bonchev–Trinajstić information content (AvgIpc) is 1.35. The molecular weight excluding hydrogens is 113 g/mol. The zero-order valence-corrected chi connectivity index (χ0v) is 3.80. The van der Waals surface area contributed by atoms with E-state index in [4.69, 9.17) is 0 Å². The van der Waals surface area contributed by atoms with Gasteiger partial charge in [-0.05, 0) is 0 Å². The van der Waals surface area contributed by atoms with E-state index < -0.39 is 6.11 Å². The average molecular weight is 118 g/mol. The SMILES string of the molecule is CC(F)(F)OCl.[H+]. The summed E-state index contributed by atoms with van der Waals surface area (Å²) >= 11 is 4.23. The highest BCUT2D eigenvalue weighted by molar-refractivity contribution is 6.07. The molecule has 0 saturated carbocycles. The zero-order valence-electron chi connectivity index (χ0n) is 4.04. The van der Waals surface area contributed by atoms with Crippen molar-refractivity contribution in [1.82, 2.24) is 0 Å². The first-order valence-electron chi connectivity index (χ1n) is 1.24. The molecular formula is C2H4ClF2O+. The highest BCUT2D eigenvalue weighted by atomic mass is 35.5. The van der Waals surface area contributed by atoms with E-state index in [0.29, 0.717) is 6.92 Å². The first kappa shape index (κ1) is 6.11. The van der Waals surface area contributed by atoms with E-state index in [2.05, 4.69) is 16.2 Å². The molecule has 4 heteroatoms. The summed E-state index contributed by atoms with van der Waals surface area (Å²) in [5.41, 5.74) is 0. The van der Waals surface area contributed by atoms with Crippen LogP contribution in [0.1, 0.15) is 8.35 Å². The van der Waals surface area contributed by atoms with Crippen molar-refractivity contribution in [3.8, 4) is 0 Å². The minimum absolute atomic E-state index is 0. The van der Waals surface area contributed by atoms with Crippen molar-refractivity contribution >= 4 is 11.9 Å². The molecule has 0 fully saturated rings. The van der Waals surface area contributed by atoms with Gasteiger partial charge in [-0.25, -0.2) is 4.29 Å². The topological polar surface area (TPSA) is 9.23 Å². The lowest BCUT2D eigenvalue weighted by Crippen LogP contribution is -2.07. The molecule has 0 aliphatic rings. The lowest BCUT2D eigenvalue weighted by molar-refractivity contribution is -0.155. The second kappa shape index (κ2) is 1.71. The fourth-order valence-corrected chi connectivity index (χ4v) is 0. The molecule has 0 aliphatic carbocycles. The quantitative estimate of drug-likeness (QED) is 0.510. The van der Waals surface area contributed by atoms with E-state index in [0.717, 1.165) is 0 Å². The first-order chi connectivity index (χ1) is 2.56. The number of alkyl halides is 2. The summed E-state index contributed by atoms with van der Waals surface area (Å²) in [7, 11) is 0. The van der Waals surface area contributed by atoms with Crippen LogP contribution in [0.25, 0.3) is 0 Å². The maximum absolute atomic E-state index is 11.1. The molecule has 0 rings (SSSR count).